The van der Waals surface area contributed by atoms with Crippen molar-refractivity contribution in [1.29, 1.82) is 0 Å². The Labute approximate surface area is 170 Å². The number of hydrogen-bond acceptors (Lipinski definition) is 5. The zero-order valence-electron chi connectivity index (χ0n) is 14.9. The molecule has 0 saturated heterocycles. The predicted octanol–water partition coefficient (Wildman–Crippen LogP) is 5.48. The quantitative estimate of drug-likeness (QED) is 0.418. The van der Waals surface area contributed by atoms with Crippen molar-refractivity contribution < 1.29 is 14.3 Å². The molecular formula is C21H18BrNO3S. The van der Waals surface area contributed by atoms with E-state index in [1.165, 1.54) is 11.3 Å². The molecule has 1 aromatic heterocycles. The molecule has 2 aromatic carbocycles. The zero-order valence-corrected chi connectivity index (χ0v) is 17.3. The molecule has 0 saturated carbocycles. The van der Waals surface area contributed by atoms with Crippen LogP contribution in [0.5, 0.6) is 0 Å². The SMILES string of the molecule is CCOC(=O)c1c(N)sc(-c2ccc(C)cc2)c1C(=O)c1ccc(Br)cc1. The molecule has 3 aromatic rings. The van der Waals surface area contributed by atoms with Crippen LogP contribution in [0.15, 0.2) is 53.0 Å². The Balaban J connectivity index is 2.21. The summed E-state index contributed by atoms with van der Waals surface area (Å²) in [5, 5.41) is 0.282. The highest BCUT2D eigenvalue weighted by molar-refractivity contribution is 9.10. The molecule has 0 aliphatic heterocycles. The average Bonchev–Trinajstić information content (AvgIpc) is 3.00. The lowest BCUT2D eigenvalue weighted by atomic mass is 9.96. The van der Waals surface area contributed by atoms with Gasteiger partial charge in [-0.15, -0.1) is 11.3 Å². The summed E-state index contributed by atoms with van der Waals surface area (Å²) < 4.78 is 6.02. The summed E-state index contributed by atoms with van der Waals surface area (Å²) in [6.45, 7) is 3.92. The molecule has 27 heavy (non-hydrogen) atoms. The number of carbonyl (C=O) groups excluding carboxylic acids is 2. The maximum absolute atomic E-state index is 13.3. The molecule has 0 bridgehead atoms. The highest BCUT2D eigenvalue weighted by Crippen LogP contribution is 2.40. The van der Waals surface area contributed by atoms with Gasteiger partial charge in [-0.25, -0.2) is 4.79 Å². The molecule has 4 nitrogen and oxygen atoms in total. The first-order chi connectivity index (χ1) is 12.9. The zero-order chi connectivity index (χ0) is 19.6. The first-order valence-electron chi connectivity index (χ1n) is 8.39. The first-order valence-corrected chi connectivity index (χ1v) is 10.00. The van der Waals surface area contributed by atoms with E-state index >= 15 is 0 Å². The lowest BCUT2D eigenvalue weighted by Gasteiger charge is -2.08. The average molecular weight is 444 g/mol. The lowest BCUT2D eigenvalue weighted by molar-refractivity contribution is 0.0525. The van der Waals surface area contributed by atoms with Crippen molar-refractivity contribution in [3.63, 3.8) is 0 Å². The van der Waals surface area contributed by atoms with Gasteiger partial charge in [0, 0.05) is 14.9 Å². The third-order valence-corrected chi connectivity index (χ3v) is 5.66. The second-order valence-corrected chi connectivity index (χ2v) is 7.94. The molecule has 0 fully saturated rings. The number of esters is 1. The van der Waals surface area contributed by atoms with E-state index < -0.39 is 5.97 Å². The number of rotatable bonds is 5. The molecule has 2 N–H and O–H groups in total. The summed E-state index contributed by atoms with van der Waals surface area (Å²) in [7, 11) is 0. The van der Waals surface area contributed by atoms with Crippen molar-refractivity contribution in [3.8, 4) is 10.4 Å². The van der Waals surface area contributed by atoms with E-state index in [1.807, 2.05) is 31.2 Å². The minimum absolute atomic E-state index is 0.144. The van der Waals surface area contributed by atoms with Gasteiger partial charge in [0.2, 0.25) is 0 Å². The van der Waals surface area contributed by atoms with Gasteiger partial charge in [-0.3, -0.25) is 4.79 Å². The summed E-state index contributed by atoms with van der Waals surface area (Å²) in [4.78, 5) is 26.5. The number of thiophene rings is 1. The smallest absolute Gasteiger partial charge is 0.341 e. The summed E-state index contributed by atoms with van der Waals surface area (Å²) in [5.74, 6) is -0.834. The number of hydrogen-bond donors (Lipinski definition) is 1. The van der Waals surface area contributed by atoms with E-state index in [-0.39, 0.29) is 23.0 Å². The summed E-state index contributed by atoms with van der Waals surface area (Å²) in [6, 6.07) is 14.8. The molecule has 0 amide bonds. The monoisotopic (exact) mass is 443 g/mol. The Morgan fingerprint density at radius 2 is 1.67 bits per heavy atom. The molecule has 138 valence electrons. The second-order valence-electron chi connectivity index (χ2n) is 5.97. The van der Waals surface area contributed by atoms with Gasteiger partial charge in [0.05, 0.1) is 12.2 Å². The van der Waals surface area contributed by atoms with Crippen LogP contribution in [0.2, 0.25) is 0 Å². The van der Waals surface area contributed by atoms with Gasteiger partial charge in [-0.05, 0) is 43.7 Å². The number of nitrogen functional groups attached to an aromatic ring is 1. The largest absolute Gasteiger partial charge is 0.462 e. The van der Waals surface area contributed by atoms with E-state index in [2.05, 4.69) is 15.9 Å². The van der Waals surface area contributed by atoms with Gasteiger partial charge in [0.15, 0.2) is 5.78 Å². The number of ether oxygens (including phenoxy) is 1. The number of ketones is 1. The van der Waals surface area contributed by atoms with Crippen LogP contribution in [-0.2, 0) is 4.74 Å². The van der Waals surface area contributed by atoms with Crippen molar-refractivity contribution in [1.82, 2.24) is 0 Å². The molecule has 0 atom stereocenters. The van der Waals surface area contributed by atoms with Crippen molar-refractivity contribution in [2.45, 2.75) is 13.8 Å². The van der Waals surface area contributed by atoms with Crippen LogP contribution in [-0.4, -0.2) is 18.4 Å². The van der Waals surface area contributed by atoms with Crippen LogP contribution >= 0.6 is 27.3 Å². The molecule has 6 heteroatoms. The Hall–Kier alpha value is -2.44. The topological polar surface area (TPSA) is 69.4 Å². The van der Waals surface area contributed by atoms with E-state index in [1.54, 1.807) is 31.2 Å². The fourth-order valence-corrected chi connectivity index (χ4v) is 4.05. The lowest BCUT2D eigenvalue weighted by Crippen LogP contribution is -2.13. The standard InChI is InChI=1S/C21H18BrNO3S/c1-3-26-21(25)17-16(18(24)13-8-10-15(22)11-9-13)19(27-20(17)23)14-6-4-12(2)5-7-14/h4-11H,3,23H2,1-2H3. The third-order valence-electron chi connectivity index (χ3n) is 4.06. The minimum atomic E-state index is -0.579. The molecule has 0 radical (unpaired) electrons. The summed E-state index contributed by atoms with van der Waals surface area (Å²) in [6.07, 6.45) is 0. The van der Waals surface area contributed by atoms with E-state index in [0.717, 1.165) is 15.6 Å². The third kappa shape index (κ3) is 3.96. The Kier molecular flexibility index (Phi) is 5.77. The minimum Gasteiger partial charge on any atom is -0.462 e. The van der Waals surface area contributed by atoms with Crippen molar-refractivity contribution >= 4 is 44.0 Å². The van der Waals surface area contributed by atoms with Crippen LogP contribution in [0.25, 0.3) is 10.4 Å². The predicted molar refractivity (Wildman–Crippen MR) is 112 cm³/mol. The number of aryl methyl sites for hydroxylation is 1. The van der Waals surface area contributed by atoms with Gasteiger partial charge >= 0.3 is 5.97 Å². The molecule has 0 spiro atoms. The molecule has 0 aliphatic rings. The van der Waals surface area contributed by atoms with E-state index in [4.69, 9.17) is 10.5 Å². The number of nitrogens with two attached hydrogens (primary N) is 1. The number of halogens is 1. The Morgan fingerprint density at radius 3 is 2.26 bits per heavy atom. The van der Waals surface area contributed by atoms with E-state index in [0.29, 0.717) is 16.0 Å². The maximum atomic E-state index is 13.3. The number of carbonyl (C=O) groups is 2. The van der Waals surface area contributed by atoms with Crippen molar-refractivity contribution in [3.05, 3.63) is 75.3 Å². The van der Waals surface area contributed by atoms with Crippen LogP contribution < -0.4 is 5.73 Å². The summed E-state index contributed by atoms with van der Waals surface area (Å²) >= 11 is 4.59. The first kappa shape index (κ1) is 19.3. The number of anilines is 1. The van der Waals surface area contributed by atoms with Crippen LogP contribution in [0, 0.1) is 6.92 Å². The van der Waals surface area contributed by atoms with Crippen LogP contribution in [0.4, 0.5) is 5.00 Å². The van der Waals surface area contributed by atoms with Crippen LogP contribution in [0.3, 0.4) is 0 Å². The highest BCUT2D eigenvalue weighted by atomic mass is 79.9. The van der Waals surface area contributed by atoms with Gasteiger partial charge in [0.1, 0.15) is 10.6 Å². The fourth-order valence-electron chi connectivity index (χ4n) is 2.73. The second kappa shape index (κ2) is 8.06. The van der Waals surface area contributed by atoms with Gasteiger partial charge in [-0.1, -0.05) is 45.8 Å². The molecule has 0 unspecified atom stereocenters. The van der Waals surface area contributed by atoms with Crippen molar-refractivity contribution in [2.75, 3.05) is 12.3 Å². The molecular weight excluding hydrogens is 426 g/mol. The molecule has 3 rings (SSSR count). The molecule has 0 aliphatic carbocycles. The van der Waals surface area contributed by atoms with Gasteiger partial charge in [-0.2, -0.15) is 0 Å². The Bertz CT molecular complexity index is 992. The number of benzene rings is 2. The Morgan fingerprint density at radius 1 is 1.04 bits per heavy atom. The van der Waals surface area contributed by atoms with Crippen molar-refractivity contribution in [2.24, 2.45) is 0 Å². The van der Waals surface area contributed by atoms with Gasteiger partial charge < -0.3 is 10.5 Å². The fraction of sp³-hybridized carbons (Fsp3) is 0.143. The van der Waals surface area contributed by atoms with Crippen LogP contribution in [0.1, 0.15) is 38.8 Å². The highest BCUT2D eigenvalue weighted by Gasteiger charge is 2.29. The van der Waals surface area contributed by atoms with E-state index in [9.17, 15) is 9.59 Å². The maximum Gasteiger partial charge on any atom is 0.341 e. The van der Waals surface area contributed by atoms with Gasteiger partial charge in [0.25, 0.3) is 0 Å². The normalized spacial score (nSPS) is 10.6. The summed E-state index contributed by atoms with van der Waals surface area (Å²) in [5.41, 5.74) is 9.00. The molecule has 1 heterocycles.